The molecule has 8 heteroatoms. The molecule has 3 rings (SSSR count). The minimum absolute atomic E-state index is 0. The lowest BCUT2D eigenvalue weighted by Crippen LogP contribution is -2.37. The van der Waals surface area contributed by atoms with Gasteiger partial charge >= 0.3 is 0 Å². The Morgan fingerprint density at radius 3 is 2.79 bits per heavy atom. The highest BCUT2D eigenvalue weighted by molar-refractivity contribution is 6.35. The summed E-state index contributed by atoms with van der Waals surface area (Å²) in [7, 11) is 1.62. The molecule has 1 saturated heterocycles. The first-order chi connectivity index (χ1) is 11.3. The van der Waals surface area contributed by atoms with E-state index in [-0.39, 0.29) is 12.4 Å². The van der Waals surface area contributed by atoms with Crippen molar-refractivity contribution in [3.63, 3.8) is 0 Å². The lowest BCUT2D eigenvalue weighted by Gasteiger charge is -2.26. The molecule has 0 N–H and O–H groups in total. The van der Waals surface area contributed by atoms with Crippen LogP contribution in [0.3, 0.4) is 0 Å². The zero-order chi connectivity index (χ0) is 16.1. The Hall–Kier alpha value is -1.34. The van der Waals surface area contributed by atoms with E-state index in [2.05, 4.69) is 15.1 Å². The number of hydrogen-bond acceptors (Lipinski definition) is 6. The largest absolute Gasteiger partial charge is 0.493 e. The SMILES string of the molecule is COc1cc2c(Cl)cnnc2cc1OCCCN1CCOCC1.Cl. The van der Waals surface area contributed by atoms with Crippen LogP contribution in [-0.4, -0.2) is 61.7 Å². The van der Waals surface area contributed by atoms with Crippen LogP contribution in [0.15, 0.2) is 18.3 Å². The van der Waals surface area contributed by atoms with Crippen molar-refractivity contribution in [1.82, 2.24) is 15.1 Å². The molecule has 0 bridgehead atoms. The van der Waals surface area contributed by atoms with E-state index >= 15 is 0 Å². The number of methoxy groups -OCH3 is 1. The summed E-state index contributed by atoms with van der Waals surface area (Å²) >= 11 is 6.14. The molecule has 1 aliphatic heterocycles. The van der Waals surface area contributed by atoms with Crippen molar-refractivity contribution < 1.29 is 14.2 Å². The van der Waals surface area contributed by atoms with E-state index in [1.54, 1.807) is 7.11 Å². The lowest BCUT2D eigenvalue weighted by molar-refractivity contribution is 0.0357. The fourth-order valence-electron chi connectivity index (χ4n) is 2.60. The summed E-state index contributed by atoms with van der Waals surface area (Å²) < 4.78 is 16.6. The Bertz CT molecular complexity index is 666. The predicted molar refractivity (Wildman–Crippen MR) is 95.7 cm³/mol. The summed E-state index contributed by atoms with van der Waals surface area (Å²) in [4.78, 5) is 2.38. The van der Waals surface area contributed by atoms with Crippen LogP contribution in [0, 0.1) is 0 Å². The van der Waals surface area contributed by atoms with Crippen LogP contribution < -0.4 is 9.47 Å². The van der Waals surface area contributed by atoms with E-state index in [0.717, 1.165) is 44.7 Å². The maximum atomic E-state index is 6.14. The van der Waals surface area contributed by atoms with Crippen molar-refractivity contribution in [1.29, 1.82) is 0 Å². The average molecular weight is 374 g/mol. The van der Waals surface area contributed by atoms with E-state index in [1.807, 2.05) is 12.1 Å². The molecule has 2 heterocycles. The minimum Gasteiger partial charge on any atom is -0.493 e. The lowest BCUT2D eigenvalue weighted by atomic mass is 10.2. The highest BCUT2D eigenvalue weighted by Crippen LogP contribution is 2.34. The molecule has 0 saturated carbocycles. The number of ether oxygens (including phenoxy) is 3. The normalized spacial score (nSPS) is 15.1. The van der Waals surface area contributed by atoms with Gasteiger partial charge in [-0.3, -0.25) is 4.90 Å². The summed E-state index contributed by atoms with van der Waals surface area (Å²) in [6.07, 6.45) is 2.47. The molecule has 1 fully saturated rings. The van der Waals surface area contributed by atoms with Gasteiger partial charge in [0.25, 0.3) is 0 Å². The topological polar surface area (TPSA) is 56.7 Å². The van der Waals surface area contributed by atoms with Crippen molar-refractivity contribution in [2.24, 2.45) is 0 Å². The van der Waals surface area contributed by atoms with Gasteiger partial charge in [-0.05, 0) is 12.5 Å². The van der Waals surface area contributed by atoms with Crippen LogP contribution in [0.2, 0.25) is 5.02 Å². The smallest absolute Gasteiger partial charge is 0.163 e. The third-order valence-corrected chi connectivity index (χ3v) is 4.16. The second kappa shape index (κ2) is 9.22. The molecule has 0 unspecified atom stereocenters. The Labute approximate surface area is 152 Å². The summed E-state index contributed by atoms with van der Waals surface area (Å²) in [5.74, 6) is 1.32. The van der Waals surface area contributed by atoms with Crippen molar-refractivity contribution in [3.8, 4) is 11.5 Å². The maximum Gasteiger partial charge on any atom is 0.163 e. The van der Waals surface area contributed by atoms with E-state index in [9.17, 15) is 0 Å². The van der Waals surface area contributed by atoms with E-state index < -0.39 is 0 Å². The van der Waals surface area contributed by atoms with Crippen molar-refractivity contribution >= 4 is 34.9 Å². The highest BCUT2D eigenvalue weighted by atomic mass is 35.5. The highest BCUT2D eigenvalue weighted by Gasteiger charge is 2.12. The van der Waals surface area contributed by atoms with E-state index in [1.165, 1.54) is 6.20 Å². The zero-order valence-corrected chi connectivity index (χ0v) is 15.1. The number of fused-ring (bicyclic) bond motifs is 1. The molecular formula is C16H21Cl2N3O3. The number of halogens is 2. The zero-order valence-electron chi connectivity index (χ0n) is 13.5. The minimum atomic E-state index is 0. The Kier molecular flexibility index (Phi) is 7.30. The second-order valence-corrected chi connectivity index (χ2v) is 5.78. The number of nitrogens with zero attached hydrogens (tertiary/aromatic N) is 3. The van der Waals surface area contributed by atoms with Crippen LogP contribution in [-0.2, 0) is 4.74 Å². The van der Waals surface area contributed by atoms with E-state index in [0.29, 0.717) is 28.6 Å². The predicted octanol–water partition coefficient (Wildman–Crippen LogP) is 2.81. The van der Waals surface area contributed by atoms with Crippen LogP contribution in [0.5, 0.6) is 11.5 Å². The van der Waals surface area contributed by atoms with Gasteiger partial charge < -0.3 is 14.2 Å². The summed E-state index contributed by atoms with van der Waals surface area (Å²) in [5.41, 5.74) is 0.696. The van der Waals surface area contributed by atoms with Crippen molar-refractivity contribution in [2.45, 2.75) is 6.42 Å². The van der Waals surface area contributed by atoms with Crippen molar-refractivity contribution in [3.05, 3.63) is 23.4 Å². The maximum absolute atomic E-state index is 6.14. The molecule has 0 aliphatic carbocycles. The van der Waals surface area contributed by atoms with Crippen LogP contribution in [0.1, 0.15) is 6.42 Å². The molecule has 1 aliphatic rings. The van der Waals surface area contributed by atoms with Gasteiger partial charge in [0.1, 0.15) is 0 Å². The molecule has 24 heavy (non-hydrogen) atoms. The Morgan fingerprint density at radius 2 is 2.04 bits per heavy atom. The number of morpholine rings is 1. The summed E-state index contributed by atoms with van der Waals surface area (Å²) in [6.45, 7) is 5.25. The molecular weight excluding hydrogens is 353 g/mol. The number of aromatic nitrogens is 2. The summed E-state index contributed by atoms with van der Waals surface area (Å²) in [6, 6.07) is 3.66. The third-order valence-electron chi connectivity index (χ3n) is 3.86. The molecule has 0 radical (unpaired) electrons. The third kappa shape index (κ3) is 4.60. The molecule has 1 aromatic carbocycles. The molecule has 0 amide bonds. The second-order valence-electron chi connectivity index (χ2n) is 5.37. The first-order valence-electron chi connectivity index (χ1n) is 7.70. The molecule has 0 spiro atoms. The van der Waals surface area contributed by atoms with Gasteiger partial charge in [-0.2, -0.15) is 10.2 Å². The van der Waals surface area contributed by atoms with Crippen LogP contribution in [0.4, 0.5) is 0 Å². The number of benzene rings is 1. The molecule has 1 aromatic heterocycles. The van der Waals surface area contributed by atoms with Crippen LogP contribution >= 0.6 is 24.0 Å². The van der Waals surface area contributed by atoms with Gasteiger partial charge in [0, 0.05) is 31.1 Å². The van der Waals surface area contributed by atoms with Gasteiger partial charge in [0.15, 0.2) is 11.5 Å². The first-order valence-corrected chi connectivity index (χ1v) is 8.07. The van der Waals surface area contributed by atoms with Gasteiger partial charge in [0.2, 0.25) is 0 Å². The summed E-state index contributed by atoms with van der Waals surface area (Å²) in [5, 5.41) is 9.31. The Balaban J connectivity index is 0.00000208. The number of hydrogen-bond donors (Lipinski definition) is 0. The molecule has 132 valence electrons. The van der Waals surface area contributed by atoms with Gasteiger partial charge in [-0.25, -0.2) is 0 Å². The number of rotatable bonds is 6. The molecule has 6 nitrogen and oxygen atoms in total. The van der Waals surface area contributed by atoms with Gasteiger partial charge in [-0.15, -0.1) is 12.4 Å². The van der Waals surface area contributed by atoms with Crippen molar-refractivity contribution in [2.75, 3.05) is 46.6 Å². The monoisotopic (exact) mass is 373 g/mol. The van der Waals surface area contributed by atoms with Crippen LogP contribution in [0.25, 0.3) is 10.9 Å². The standard InChI is InChI=1S/C16H20ClN3O3.ClH/c1-21-15-9-12-13(17)11-18-19-14(12)10-16(15)23-6-2-3-20-4-7-22-8-5-20;/h9-11H,2-8H2,1H3;1H. The van der Waals surface area contributed by atoms with Gasteiger partial charge in [0.05, 0.1) is 43.7 Å². The van der Waals surface area contributed by atoms with E-state index in [4.69, 9.17) is 25.8 Å². The van der Waals surface area contributed by atoms with Gasteiger partial charge in [-0.1, -0.05) is 11.6 Å². The quantitative estimate of drug-likeness (QED) is 0.725. The fourth-order valence-corrected chi connectivity index (χ4v) is 2.80. The fraction of sp³-hybridized carbons (Fsp3) is 0.500. The molecule has 0 atom stereocenters. The Morgan fingerprint density at radius 1 is 1.25 bits per heavy atom. The molecule has 2 aromatic rings. The first kappa shape index (κ1) is 19.0. The average Bonchev–Trinajstić information content (AvgIpc) is 2.59.